The molecule has 0 spiro atoms. The Morgan fingerprint density at radius 3 is 2.64 bits per heavy atom. The molecule has 3 heterocycles. The van der Waals surface area contributed by atoms with E-state index in [1.807, 2.05) is 17.4 Å². The summed E-state index contributed by atoms with van der Waals surface area (Å²) in [6, 6.07) is 8.35. The molecular weight excluding hydrogens is 377 g/mol. The number of amides is 1. The van der Waals surface area contributed by atoms with Crippen molar-refractivity contribution in [3.8, 4) is 0 Å². The first-order chi connectivity index (χ1) is 11.3. The largest absolute Gasteiger partial charge is 0.343 e. The molecule has 1 N–H and O–H groups in total. The first-order valence-corrected chi connectivity index (χ1v) is 9.45. The van der Waals surface area contributed by atoms with E-state index in [-0.39, 0.29) is 24.8 Å². The van der Waals surface area contributed by atoms with Gasteiger partial charge in [-0.25, -0.2) is 4.98 Å². The Kier molecular flexibility index (Phi) is 7.50. The molecular formula is C18H25Cl2N3OS. The fraction of sp³-hybridized carbons (Fsp3) is 0.556. The van der Waals surface area contributed by atoms with Crippen molar-refractivity contribution >= 4 is 52.3 Å². The third-order valence-corrected chi connectivity index (χ3v) is 6.33. The minimum absolute atomic E-state index is 0. The molecule has 4 nitrogen and oxygen atoms in total. The van der Waals surface area contributed by atoms with E-state index in [0.29, 0.717) is 17.7 Å². The van der Waals surface area contributed by atoms with Crippen LogP contribution in [0.4, 0.5) is 0 Å². The molecule has 0 bridgehead atoms. The highest BCUT2D eigenvalue weighted by molar-refractivity contribution is 7.18. The fourth-order valence-corrected chi connectivity index (χ4v) is 4.84. The van der Waals surface area contributed by atoms with Gasteiger partial charge in [0.15, 0.2) is 0 Å². The lowest BCUT2D eigenvalue weighted by Crippen LogP contribution is -2.38. The standard InChI is InChI=1S/C18H23N3OS.2ClH/c22-17(11-13-5-8-19-12-13)21-9-6-14(7-10-21)18-20-15-3-1-2-4-16(15)23-18;;/h1-4,13-14,19H,5-12H2;2*1H. The number of benzene rings is 1. The molecule has 0 radical (unpaired) electrons. The summed E-state index contributed by atoms with van der Waals surface area (Å²) in [6.45, 7) is 3.85. The smallest absolute Gasteiger partial charge is 0.222 e. The Bertz CT molecular complexity index is 661. The lowest BCUT2D eigenvalue weighted by Gasteiger charge is -2.31. The number of nitrogens with one attached hydrogen (secondary N) is 1. The number of rotatable bonds is 3. The van der Waals surface area contributed by atoms with Gasteiger partial charge in [-0.2, -0.15) is 0 Å². The highest BCUT2D eigenvalue weighted by Gasteiger charge is 2.27. The number of fused-ring (bicyclic) bond motifs is 1. The zero-order valence-corrected chi connectivity index (χ0v) is 16.6. The van der Waals surface area contributed by atoms with Crippen molar-refractivity contribution < 1.29 is 4.79 Å². The quantitative estimate of drug-likeness (QED) is 0.849. The number of para-hydroxylation sites is 1. The zero-order chi connectivity index (χ0) is 15.6. The molecule has 1 unspecified atom stereocenters. The number of carbonyl (C=O) groups excluding carboxylic acids is 1. The van der Waals surface area contributed by atoms with E-state index < -0.39 is 0 Å². The molecule has 1 aromatic heterocycles. The van der Waals surface area contributed by atoms with Crippen LogP contribution in [0.3, 0.4) is 0 Å². The van der Waals surface area contributed by atoms with Crippen molar-refractivity contribution in [3.05, 3.63) is 29.3 Å². The number of halogens is 2. The van der Waals surface area contributed by atoms with Gasteiger partial charge in [-0.3, -0.25) is 4.79 Å². The van der Waals surface area contributed by atoms with Crippen molar-refractivity contribution in [2.45, 2.75) is 31.6 Å². The van der Waals surface area contributed by atoms with Crippen LogP contribution in [0.25, 0.3) is 10.2 Å². The Hall–Kier alpha value is -0.880. The number of thiazole rings is 1. The van der Waals surface area contributed by atoms with Gasteiger partial charge in [0.25, 0.3) is 0 Å². The maximum atomic E-state index is 12.4. The van der Waals surface area contributed by atoms with Crippen LogP contribution in [-0.2, 0) is 4.79 Å². The van der Waals surface area contributed by atoms with Crippen molar-refractivity contribution in [3.63, 3.8) is 0 Å². The average molecular weight is 402 g/mol. The Morgan fingerprint density at radius 1 is 1.20 bits per heavy atom. The van der Waals surface area contributed by atoms with Crippen LogP contribution in [-0.4, -0.2) is 42.0 Å². The topological polar surface area (TPSA) is 45.2 Å². The summed E-state index contributed by atoms with van der Waals surface area (Å²) in [5.41, 5.74) is 1.11. The minimum atomic E-state index is 0. The third-order valence-electron chi connectivity index (χ3n) is 5.13. The highest BCUT2D eigenvalue weighted by atomic mass is 35.5. The van der Waals surface area contributed by atoms with Gasteiger partial charge < -0.3 is 10.2 Å². The fourth-order valence-electron chi connectivity index (χ4n) is 3.71. The van der Waals surface area contributed by atoms with E-state index in [9.17, 15) is 4.79 Å². The van der Waals surface area contributed by atoms with Crippen LogP contribution >= 0.6 is 36.2 Å². The van der Waals surface area contributed by atoms with Crippen molar-refractivity contribution in [2.75, 3.05) is 26.2 Å². The van der Waals surface area contributed by atoms with Gasteiger partial charge in [0.05, 0.1) is 15.2 Å². The summed E-state index contributed by atoms with van der Waals surface area (Å²) in [5.74, 6) is 1.41. The number of carbonyl (C=O) groups is 1. The number of hydrogen-bond acceptors (Lipinski definition) is 4. The maximum Gasteiger partial charge on any atom is 0.222 e. The molecule has 7 heteroatoms. The van der Waals surface area contributed by atoms with Crippen molar-refractivity contribution in [1.29, 1.82) is 0 Å². The van der Waals surface area contributed by atoms with Gasteiger partial charge in [-0.05, 0) is 50.4 Å². The molecule has 0 saturated carbocycles. The van der Waals surface area contributed by atoms with Gasteiger partial charge in [0.2, 0.25) is 5.91 Å². The summed E-state index contributed by atoms with van der Waals surface area (Å²) in [6.07, 6.45) is 3.97. The van der Waals surface area contributed by atoms with Crippen LogP contribution in [0.1, 0.15) is 36.6 Å². The monoisotopic (exact) mass is 401 g/mol. The predicted molar refractivity (Wildman–Crippen MR) is 108 cm³/mol. The zero-order valence-electron chi connectivity index (χ0n) is 14.1. The van der Waals surface area contributed by atoms with Crippen LogP contribution in [0.2, 0.25) is 0 Å². The second-order valence-electron chi connectivity index (χ2n) is 6.74. The molecule has 1 amide bonds. The average Bonchev–Trinajstić information content (AvgIpc) is 3.24. The first kappa shape index (κ1) is 20.4. The van der Waals surface area contributed by atoms with Gasteiger partial charge in [0, 0.05) is 25.4 Å². The van der Waals surface area contributed by atoms with Crippen molar-refractivity contribution in [2.24, 2.45) is 5.92 Å². The van der Waals surface area contributed by atoms with Gasteiger partial charge >= 0.3 is 0 Å². The van der Waals surface area contributed by atoms with Crippen LogP contribution < -0.4 is 5.32 Å². The SMILES string of the molecule is Cl.Cl.O=C(CC1CCNC1)N1CCC(c2nc3ccccc3s2)CC1. The number of hydrogen-bond donors (Lipinski definition) is 1. The van der Waals surface area contributed by atoms with Gasteiger partial charge in [0.1, 0.15) is 0 Å². The lowest BCUT2D eigenvalue weighted by atomic mass is 9.96. The van der Waals surface area contributed by atoms with E-state index >= 15 is 0 Å². The summed E-state index contributed by atoms with van der Waals surface area (Å²) < 4.78 is 1.27. The van der Waals surface area contributed by atoms with E-state index in [2.05, 4.69) is 28.4 Å². The molecule has 1 atom stereocenters. The van der Waals surface area contributed by atoms with E-state index in [0.717, 1.165) is 57.4 Å². The molecule has 1 aromatic carbocycles. The molecule has 138 valence electrons. The molecule has 2 aromatic rings. The highest BCUT2D eigenvalue weighted by Crippen LogP contribution is 2.34. The van der Waals surface area contributed by atoms with Gasteiger partial charge in [-0.1, -0.05) is 12.1 Å². The summed E-state index contributed by atoms with van der Waals surface area (Å²) in [5, 5.41) is 4.59. The van der Waals surface area contributed by atoms with Gasteiger partial charge in [-0.15, -0.1) is 36.2 Å². The molecule has 2 aliphatic heterocycles. The third kappa shape index (κ3) is 4.64. The number of piperidine rings is 1. The normalized spacial score (nSPS) is 21.0. The first-order valence-electron chi connectivity index (χ1n) is 8.63. The molecule has 25 heavy (non-hydrogen) atoms. The number of likely N-dealkylation sites (tertiary alicyclic amines) is 1. The Morgan fingerprint density at radius 2 is 1.96 bits per heavy atom. The molecule has 4 rings (SSSR count). The van der Waals surface area contributed by atoms with E-state index in [1.165, 1.54) is 9.71 Å². The number of aromatic nitrogens is 1. The second kappa shape index (κ2) is 9.17. The maximum absolute atomic E-state index is 12.4. The Labute approximate surface area is 165 Å². The van der Waals surface area contributed by atoms with Crippen molar-refractivity contribution in [1.82, 2.24) is 15.2 Å². The van der Waals surface area contributed by atoms with E-state index in [1.54, 1.807) is 0 Å². The molecule has 2 fully saturated rings. The van der Waals surface area contributed by atoms with Crippen LogP contribution in [0.5, 0.6) is 0 Å². The van der Waals surface area contributed by atoms with Crippen LogP contribution in [0, 0.1) is 5.92 Å². The lowest BCUT2D eigenvalue weighted by molar-refractivity contribution is -0.133. The molecule has 2 saturated heterocycles. The summed E-state index contributed by atoms with van der Waals surface area (Å²) >= 11 is 1.82. The van der Waals surface area contributed by atoms with E-state index in [4.69, 9.17) is 4.98 Å². The predicted octanol–water partition coefficient (Wildman–Crippen LogP) is 3.85. The second-order valence-corrected chi connectivity index (χ2v) is 7.80. The van der Waals surface area contributed by atoms with Crippen LogP contribution in [0.15, 0.2) is 24.3 Å². The minimum Gasteiger partial charge on any atom is -0.343 e. The number of nitrogens with zero attached hydrogens (tertiary/aromatic N) is 2. The summed E-state index contributed by atoms with van der Waals surface area (Å²) in [4.78, 5) is 19.3. The Balaban J connectivity index is 0.00000113. The molecule has 2 aliphatic rings. The molecule has 0 aliphatic carbocycles. The summed E-state index contributed by atoms with van der Waals surface area (Å²) in [7, 11) is 0.